The smallest absolute Gasteiger partial charge is 0.255 e. The highest BCUT2D eigenvalue weighted by atomic mass is 35.5. The van der Waals surface area contributed by atoms with E-state index in [0.717, 1.165) is 36.5 Å². The van der Waals surface area contributed by atoms with Gasteiger partial charge >= 0.3 is 0 Å². The van der Waals surface area contributed by atoms with Gasteiger partial charge < -0.3 is 9.80 Å². The molecule has 0 aliphatic carbocycles. The maximum atomic E-state index is 13.1. The highest BCUT2D eigenvalue weighted by Crippen LogP contribution is 2.25. The Kier molecular flexibility index (Phi) is 7.01. The molecule has 0 saturated carbocycles. The summed E-state index contributed by atoms with van der Waals surface area (Å²) in [7, 11) is -3.83. The number of rotatable bonds is 7. The van der Waals surface area contributed by atoms with Crippen molar-refractivity contribution >= 4 is 50.5 Å². The van der Waals surface area contributed by atoms with Crippen LogP contribution >= 0.6 is 34.5 Å². The maximum Gasteiger partial charge on any atom is 0.255 e. The first-order chi connectivity index (χ1) is 13.2. The van der Waals surface area contributed by atoms with Crippen molar-refractivity contribution in [1.82, 2.24) is 9.80 Å². The Hall–Kier alpha value is -1.16. The number of likely N-dealkylation sites (tertiary alicyclic amines) is 1. The molecule has 1 fully saturated rings. The largest absolute Gasteiger partial charge is 0.333 e. The minimum Gasteiger partial charge on any atom is -0.333 e. The first kappa shape index (κ1) is 21.5. The summed E-state index contributed by atoms with van der Waals surface area (Å²) < 4.78 is 23.0. The zero-order chi connectivity index (χ0) is 20.3. The lowest BCUT2D eigenvalue weighted by Gasteiger charge is -2.25. The van der Waals surface area contributed by atoms with Crippen LogP contribution in [-0.2, 0) is 16.6 Å². The summed E-state index contributed by atoms with van der Waals surface area (Å²) in [5, 5.41) is 7.58. The second kappa shape index (κ2) is 9.11. The average molecular weight is 462 g/mol. The topological polar surface area (TPSA) is 83.7 Å². The fourth-order valence-corrected chi connectivity index (χ4v) is 5.04. The quantitative estimate of drug-likeness (QED) is 0.684. The molecule has 1 aliphatic rings. The van der Waals surface area contributed by atoms with E-state index in [4.69, 9.17) is 28.3 Å². The Morgan fingerprint density at radius 1 is 1.18 bits per heavy atom. The van der Waals surface area contributed by atoms with Crippen LogP contribution < -0.4 is 5.14 Å². The number of halogens is 2. The molecule has 0 atom stereocenters. The normalized spacial score (nSPS) is 15.1. The number of sulfonamides is 1. The van der Waals surface area contributed by atoms with Crippen LogP contribution in [0.15, 0.2) is 33.9 Å². The van der Waals surface area contributed by atoms with Crippen LogP contribution in [-0.4, -0.2) is 50.3 Å². The van der Waals surface area contributed by atoms with Crippen molar-refractivity contribution in [3.63, 3.8) is 0 Å². The molecule has 2 aromatic rings. The zero-order valence-electron chi connectivity index (χ0n) is 15.1. The van der Waals surface area contributed by atoms with Gasteiger partial charge in [0.25, 0.3) is 5.91 Å². The van der Waals surface area contributed by atoms with Gasteiger partial charge in [-0.15, -0.1) is 11.3 Å². The Balaban J connectivity index is 1.80. The molecular weight excluding hydrogens is 441 g/mol. The summed E-state index contributed by atoms with van der Waals surface area (Å²) in [4.78, 5) is 17.1. The molecule has 1 amide bonds. The second-order valence-electron chi connectivity index (χ2n) is 6.72. The Bertz CT molecular complexity index is 957. The number of nitrogens with two attached hydrogens (primary N) is 1. The average Bonchev–Trinajstić information content (AvgIpc) is 3.32. The number of primary sulfonamides is 1. The van der Waals surface area contributed by atoms with E-state index in [0.29, 0.717) is 28.7 Å². The van der Waals surface area contributed by atoms with E-state index in [-0.39, 0.29) is 10.1 Å². The lowest BCUT2D eigenvalue weighted by Crippen LogP contribution is -2.37. The minimum atomic E-state index is -3.83. The fraction of sp³-hybridized carbons (Fsp3) is 0.389. The molecule has 3 rings (SSSR count). The summed E-state index contributed by atoms with van der Waals surface area (Å²) >= 11 is 13.0. The molecule has 1 aromatic carbocycles. The van der Waals surface area contributed by atoms with Crippen LogP contribution in [0.25, 0.3) is 0 Å². The number of nitrogens with zero attached hydrogens (tertiary/aromatic N) is 2. The SMILES string of the molecule is NS(=O)(=O)c1cc(C(=O)N(CCN2CCCC2)Cc2ccc(Cl)c(Cl)c2)cs1. The lowest BCUT2D eigenvalue weighted by atomic mass is 10.2. The molecule has 0 radical (unpaired) electrons. The molecule has 152 valence electrons. The molecule has 2 heterocycles. The Labute approximate surface area is 178 Å². The monoisotopic (exact) mass is 461 g/mol. The van der Waals surface area contributed by atoms with E-state index in [1.807, 2.05) is 6.07 Å². The van der Waals surface area contributed by atoms with E-state index < -0.39 is 10.0 Å². The number of carbonyl (C=O) groups excluding carboxylic acids is 1. The predicted octanol–water partition coefficient (Wildman–Crippen LogP) is 3.44. The Morgan fingerprint density at radius 3 is 2.50 bits per heavy atom. The highest BCUT2D eigenvalue weighted by Gasteiger charge is 2.22. The van der Waals surface area contributed by atoms with Crippen LogP contribution in [0.3, 0.4) is 0 Å². The third kappa shape index (κ3) is 5.46. The summed E-state index contributed by atoms with van der Waals surface area (Å²) in [6.45, 7) is 3.70. The molecule has 0 spiro atoms. The van der Waals surface area contributed by atoms with Crippen molar-refractivity contribution in [2.75, 3.05) is 26.2 Å². The number of hydrogen-bond donors (Lipinski definition) is 1. The van der Waals surface area contributed by atoms with Gasteiger partial charge in [0.05, 0.1) is 15.6 Å². The number of amides is 1. The van der Waals surface area contributed by atoms with Crippen molar-refractivity contribution in [1.29, 1.82) is 0 Å². The predicted molar refractivity (Wildman–Crippen MR) is 113 cm³/mol. The van der Waals surface area contributed by atoms with Crippen molar-refractivity contribution < 1.29 is 13.2 Å². The van der Waals surface area contributed by atoms with Crippen LogP contribution in [0.4, 0.5) is 0 Å². The molecule has 1 aromatic heterocycles. The molecule has 0 unspecified atom stereocenters. The lowest BCUT2D eigenvalue weighted by molar-refractivity contribution is 0.0727. The van der Waals surface area contributed by atoms with E-state index in [1.54, 1.807) is 17.0 Å². The highest BCUT2D eigenvalue weighted by molar-refractivity contribution is 7.91. The van der Waals surface area contributed by atoms with Crippen LogP contribution in [0.1, 0.15) is 28.8 Å². The molecule has 0 bridgehead atoms. The molecule has 1 aliphatic heterocycles. The van der Waals surface area contributed by atoms with Gasteiger partial charge in [-0.1, -0.05) is 29.3 Å². The van der Waals surface area contributed by atoms with Crippen LogP contribution in [0, 0.1) is 0 Å². The first-order valence-corrected chi connectivity index (χ1v) is 12.0. The van der Waals surface area contributed by atoms with Crippen molar-refractivity contribution in [3.05, 3.63) is 50.8 Å². The van der Waals surface area contributed by atoms with E-state index in [2.05, 4.69) is 4.90 Å². The summed E-state index contributed by atoms with van der Waals surface area (Å²) in [6.07, 6.45) is 2.34. The minimum absolute atomic E-state index is 0.0233. The van der Waals surface area contributed by atoms with Crippen molar-refractivity contribution in [2.24, 2.45) is 5.14 Å². The number of carbonyl (C=O) groups is 1. The van der Waals surface area contributed by atoms with Gasteiger partial charge in [-0.3, -0.25) is 4.79 Å². The maximum absolute atomic E-state index is 13.1. The number of thiophene rings is 1. The molecule has 28 heavy (non-hydrogen) atoms. The van der Waals surface area contributed by atoms with E-state index >= 15 is 0 Å². The number of benzene rings is 1. The van der Waals surface area contributed by atoms with Gasteiger partial charge in [0.2, 0.25) is 10.0 Å². The van der Waals surface area contributed by atoms with Gasteiger partial charge in [0.15, 0.2) is 0 Å². The molecular formula is C18H21Cl2N3O3S2. The first-order valence-electron chi connectivity index (χ1n) is 8.81. The van der Waals surface area contributed by atoms with Gasteiger partial charge in [-0.2, -0.15) is 0 Å². The molecule has 2 N–H and O–H groups in total. The second-order valence-corrected chi connectivity index (χ2v) is 10.2. The van der Waals surface area contributed by atoms with E-state index in [1.165, 1.54) is 24.3 Å². The summed E-state index contributed by atoms with van der Waals surface area (Å²) in [6, 6.07) is 6.60. The molecule has 6 nitrogen and oxygen atoms in total. The molecule has 1 saturated heterocycles. The molecule has 10 heteroatoms. The fourth-order valence-electron chi connectivity index (χ4n) is 3.14. The number of hydrogen-bond acceptors (Lipinski definition) is 5. The van der Waals surface area contributed by atoms with Crippen LogP contribution in [0.5, 0.6) is 0 Å². The zero-order valence-corrected chi connectivity index (χ0v) is 18.3. The van der Waals surface area contributed by atoms with Crippen molar-refractivity contribution in [3.8, 4) is 0 Å². The van der Waals surface area contributed by atoms with Gasteiger partial charge in [-0.05, 0) is 49.7 Å². The van der Waals surface area contributed by atoms with Gasteiger partial charge in [-0.25, -0.2) is 13.6 Å². The van der Waals surface area contributed by atoms with Gasteiger partial charge in [0.1, 0.15) is 4.21 Å². The summed E-state index contributed by atoms with van der Waals surface area (Å²) in [5.41, 5.74) is 1.17. The van der Waals surface area contributed by atoms with E-state index in [9.17, 15) is 13.2 Å². The standard InChI is InChI=1S/C18H21Cl2N3O3S2/c19-15-4-3-13(9-16(15)20)11-23(8-7-22-5-1-2-6-22)18(24)14-10-17(27-12-14)28(21,25)26/h3-4,9-10,12H,1-2,5-8,11H2,(H2,21,25,26). The third-order valence-corrected chi connectivity index (χ3v) is 7.76. The summed E-state index contributed by atoms with van der Waals surface area (Å²) in [5.74, 6) is -0.239. The van der Waals surface area contributed by atoms with Gasteiger partial charge in [0, 0.05) is 25.0 Å². The van der Waals surface area contributed by atoms with Crippen molar-refractivity contribution in [2.45, 2.75) is 23.6 Å². The Morgan fingerprint density at radius 2 is 1.89 bits per heavy atom. The van der Waals surface area contributed by atoms with Crippen LogP contribution in [0.2, 0.25) is 10.0 Å². The third-order valence-electron chi connectivity index (χ3n) is 4.63.